The predicted molar refractivity (Wildman–Crippen MR) is 85.8 cm³/mol. The predicted octanol–water partition coefficient (Wildman–Crippen LogP) is 2.88. The number of hydrogen-bond donors (Lipinski definition) is 1. The van der Waals surface area contributed by atoms with Crippen molar-refractivity contribution in [3.63, 3.8) is 0 Å². The van der Waals surface area contributed by atoms with Gasteiger partial charge >= 0.3 is 0 Å². The maximum atomic E-state index is 8.79. The van der Waals surface area contributed by atoms with Gasteiger partial charge in [-0.25, -0.2) is 4.98 Å². The van der Waals surface area contributed by atoms with E-state index in [1.807, 2.05) is 25.1 Å². The summed E-state index contributed by atoms with van der Waals surface area (Å²) in [5.74, 6) is 8.34. The largest absolute Gasteiger partial charge is 0.495 e. The maximum Gasteiger partial charge on any atom is 0.170 e. The van der Waals surface area contributed by atoms with Gasteiger partial charge in [0.15, 0.2) is 4.34 Å². The highest BCUT2D eigenvalue weighted by Gasteiger charge is 2.05. The lowest BCUT2D eigenvalue weighted by molar-refractivity contribution is 0.305. The van der Waals surface area contributed by atoms with Crippen molar-refractivity contribution in [2.45, 2.75) is 23.4 Å². The second kappa shape index (κ2) is 8.03. The summed E-state index contributed by atoms with van der Waals surface area (Å²) in [4.78, 5) is 4.33. The summed E-state index contributed by atoms with van der Waals surface area (Å²) in [6.07, 6.45) is 0.464. The first-order valence-electron chi connectivity index (χ1n) is 6.42. The SMILES string of the molecule is COc1ccc(CSc2nc(C)ns2)cc1C#CCCO. The molecule has 1 heterocycles. The summed E-state index contributed by atoms with van der Waals surface area (Å²) in [6, 6.07) is 5.96. The van der Waals surface area contributed by atoms with Gasteiger partial charge in [0.2, 0.25) is 0 Å². The van der Waals surface area contributed by atoms with Gasteiger partial charge < -0.3 is 9.84 Å². The topological polar surface area (TPSA) is 55.2 Å². The molecular formula is C15H16N2O2S2. The molecule has 0 aliphatic heterocycles. The minimum Gasteiger partial charge on any atom is -0.495 e. The van der Waals surface area contributed by atoms with Gasteiger partial charge in [-0.15, -0.1) is 0 Å². The third-order valence-corrected chi connectivity index (χ3v) is 4.59. The average Bonchev–Trinajstić information content (AvgIpc) is 2.91. The van der Waals surface area contributed by atoms with Crippen LogP contribution in [0.3, 0.4) is 0 Å². The third-order valence-electron chi connectivity index (χ3n) is 2.59. The first-order chi connectivity index (χ1) is 10.2. The van der Waals surface area contributed by atoms with Crippen LogP contribution in [0.25, 0.3) is 0 Å². The van der Waals surface area contributed by atoms with E-state index >= 15 is 0 Å². The minimum absolute atomic E-state index is 0.0707. The number of aliphatic hydroxyl groups excluding tert-OH is 1. The van der Waals surface area contributed by atoms with Gasteiger partial charge in [0.1, 0.15) is 11.6 Å². The quantitative estimate of drug-likeness (QED) is 0.678. The van der Waals surface area contributed by atoms with E-state index in [-0.39, 0.29) is 6.61 Å². The maximum absolute atomic E-state index is 8.79. The van der Waals surface area contributed by atoms with Crippen molar-refractivity contribution in [1.29, 1.82) is 0 Å². The van der Waals surface area contributed by atoms with Crippen molar-refractivity contribution in [2.75, 3.05) is 13.7 Å². The fourth-order valence-corrected chi connectivity index (χ4v) is 3.23. The number of aryl methyl sites for hydroxylation is 1. The number of methoxy groups -OCH3 is 1. The van der Waals surface area contributed by atoms with Crippen molar-refractivity contribution < 1.29 is 9.84 Å². The first kappa shape index (κ1) is 15.8. The van der Waals surface area contributed by atoms with Crippen LogP contribution in [0.1, 0.15) is 23.4 Å². The first-order valence-corrected chi connectivity index (χ1v) is 8.18. The van der Waals surface area contributed by atoms with Crippen molar-refractivity contribution in [2.24, 2.45) is 0 Å². The Morgan fingerprint density at radius 1 is 1.43 bits per heavy atom. The second-order valence-corrected chi connectivity index (χ2v) is 6.18. The number of ether oxygens (including phenoxy) is 1. The molecule has 1 N–H and O–H groups in total. The van der Waals surface area contributed by atoms with Crippen LogP contribution >= 0.6 is 23.3 Å². The molecule has 21 heavy (non-hydrogen) atoms. The molecular weight excluding hydrogens is 304 g/mol. The van der Waals surface area contributed by atoms with E-state index < -0.39 is 0 Å². The molecule has 0 spiro atoms. The number of thioether (sulfide) groups is 1. The Bertz CT molecular complexity index is 659. The van der Waals surface area contributed by atoms with Crippen LogP contribution in [0.4, 0.5) is 0 Å². The Balaban J connectivity index is 2.10. The number of aliphatic hydroxyl groups is 1. The molecule has 1 aromatic heterocycles. The van der Waals surface area contributed by atoms with Crippen molar-refractivity contribution in [3.05, 3.63) is 35.2 Å². The van der Waals surface area contributed by atoms with Crippen LogP contribution in [-0.2, 0) is 5.75 Å². The van der Waals surface area contributed by atoms with Gasteiger partial charge in [-0.05, 0) is 36.2 Å². The molecule has 2 rings (SSSR count). The Labute approximate surface area is 132 Å². The highest BCUT2D eigenvalue weighted by molar-refractivity contribution is 8.00. The highest BCUT2D eigenvalue weighted by Crippen LogP contribution is 2.26. The van der Waals surface area contributed by atoms with Crippen LogP contribution in [0.5, 0.6) is 5.75 Å². The van der Waals surface area contributed by atoms with Gasteiger partial charge in [-0.2, -0.15) is 4.37 Å². The summed E-state index contributed by atoms with van der Waals surface area (Å²) in [5.41, 5.74) is 2.00. The van der Waals surface area contributed by atoms with E-state index in [1.165, 1.54) is 11.5 Å². The number of hydrogen-bond acceptors (Lipinski definition) is 6. The Kier molecular flexibility index (Phi) is 6.05. The molecule has 0 unspecified atom stereocenters. The molecule has 0 saturated heterocycles. The lowest BCUT2D eigenvalue weighted by atomic mass is 10.1. The van der Waals surface area contributed by atoms with Crippen LogP contribution in [0.15, 0.2) is 22.5 Å². The summed E-state index contributed by atoms with van der Waals surface area (Å²) < 4.78 is 10.4. The zero-order chi connectivity index (χ0) is 15.1. The Morgan fingerprint density at radius 3 is 2.95 bits per heavy atom. The van der Waals surface area contributed by atoms with Crippen LogP contribution in [0.2, 0.25) is 0 Å². The lowest BCUT2D eigenvalue weighted by Crippen LogP contribution is -1.90. The molecule has 2 aromatic rings. The van der Waals surface area contributed by atoms with Gasteiger partial charge in [0.05, 0.1) is 19.3 Å². The molecule has 1 aromatic carbocycles. The van der Waals surface area contributed by atoms with Gasteiger partial charge in [0, 0.05) is 12.2 Å². The fourth-order valence-electron chi connectivity index (χ4n) is 1.64. The number of nitrogens with zero attached hydrogens (tertiary/aromatic N) is 2. The Morgan fingerprint density at radius 2 is 2.29 bits per heavy atom. The molecule has 0 fully saturated rings. The molecule has 4 nitrogen and oxygen atoms in total. The van der Waals surface area contributed by atoms with Crippen LogP contribution < -0.4 is 4.74 Å². The molecule has 6 heteroatoms. The van der Waals surface area contributed by atoms with E-state index in [2.05, 4.69) is 21.2 Å². The van der Waals surface area contributed by atoms with E-state index in [9.17, 15) is 0 Å². The van der Waals surface area contributed by atoms with E-state index in [0.717, 1.165) is 32.8 Å². The molecule has 0 aliphatic rings. The molecule has 0 radical (unpaired) electrons. The zero-order valence-electron chi connectivity index (χ0n) is 11.9. The normalized spacial score (nSPS) is 10.0. The summed E-state index contributed by atoms with van der Waals surface area (Å²) >= 11 is 3.08. The van der Waals surface area contributed by atoms with E-state index in [1.54, 1.807) is 18.9 Å². The number of benzene rings is 1. The standard InChI is InChI=1S/C15H16N2O2S2/c1-11-16-15(21-17-11)20-10-12-6-7-14(19-2)13(9-12)5-3-4-8-18/h6-7,9,18H,4,8,10H2,1-2H3. The summed E-state index contributed by atoms with van der Waals surface area (Å²) in [5, 5.41) is 8.79. The van der Waals surface area contributed by atoms with Crippen LogP contribution in [0, 0.1) is 18.8 Å². The van der Waals surface area contributed by atoms with Crippen molar-refractivity contribution in [1.82, 2.24) is 9.36 Å². The highest BCUT2D eigenvalue weighted by atomic mass is 32.2. The van der Waals surface area contributed by atoms with Gasteiger partial charge in [-0.1, -0.05) is 29.7 Å². The van der Waals surface area contributed by atoms with Gasteiger partial charge in [0.25, 0.3) is 0 Å². The van der Waals surface area contributed by atoms with Crippen molar-refractivity contribution in [3.8, 4) is 17.6 Å². The molecule has 0 bridgehead atoms. The van der Waals surface area contributed by atoms with Gasteiger partial charge in [-0.3, -0.25) is 0 Å². The molecule has 0 atom stereocenters. The average molecular weight is 320 g/mol. The fraction of sp³-hybridized carbons (Fsp3) is 0.333. The second-order valence-electron chi connectivity index (χ2n) is 4.21. The number of aromatic nitrogens is 2. The van der Waals surface area contributed by atoms with Crippen LogP contribution in [-0.4, -0.2) is 28.2 Å². The molecule has 0 amide bonds. The molecule has 0 saturated carbocycles. The number of rotatable bonds is 5. The summed E-state index contributed by atoms with van der Waals surface area (Å²) in [7, 11) is 1.63. The molecule has 110 valence electrons. The third kappa shape index (κ3) is 4.74. The van der Waals surface area contributed by atoms with E-state index in [4.69, 9.17) is 9.84 Å². The lowest BCUT2D eigenvalue weighted by Gasteiger charge is -2.06. The smallest absolute Gasteiger partial charge is 0.170 e. The molecule has 0 aliphatic carbocycles. The minimum atomic E-state index is 0.0707. The zero-order valence-corrected chi connectivity index (χ0v) is 13.6. The Hall–Kier alpha value is -1.55. The summed E-state index contributed by atoms with van der Waals surface area (Å²) in [6.45, 7) is 1.96. The monoisotopic (exact) mass is 320 g/mol. The van der Waals surface area contributed by atoms with E-state index in [0.29, 0.717) is 6.42 Å². The van der Waals surface area contributed by atoms with Crippen molar-refractivity contribution >= 4 is 23.3 Å².